The van der Waals surface area contributed by atoms with Gasteiger partial charge >= 0.3 is 0 Å². The third-order valence-electron chi connectivity index (χ3n) is 3.36. The summed E-state index contributed by atoms with van der Waals surface area (Å²) >= 11 is 0. The van der Waals surface area contributed by atoms with E-state index in [0.717, 1.165) is 29.6 Å². The fourth-order valence-corrected chi connectivity index (χ4v) is 2.13. The second kappa shape index (κ2) is 4.84. The minimum atomic E-state index is 0.687. The largest absolute Gasteiger partial charge is 0.436 e. The molecule has 0 radical (unpaired) electrons. The first-order valence-corrected chi connectivity index (χ1v) is 6.69. The van der Waals surface area contributed by atoms with Gasteiger partial charge in [0, 0.05) is 17.7 Å². The topological polar surface area (TPSA) is 29.9 Å². The second-order valence-corrected chi connectivity index (χ2v) is 4.59. The molecule has 3 heteroatoms. The Morgan fingerprint density at radius 3 is 2.58 bits per heavy atom. The molecule has 0 fully saturated rings. The lowest BCUT2D eigenvalue weighted by Gasteiger charge is -1.93. The minimum absolute atomic E-state index is 0.687. The highest BCUT2D eigenvalue weighted by Gasteiger charge is 2.09. The van der Waals surface area contributed by atoms with Gasteiger partial charge in [0.25, 0.3) is 0 Å². The Labute approximate surface area is 112 Å². The molecular formula is C16H17N2O+. The fraction of sp³-hybridized carbons (Fsp3) is 0.250. The normalized spacial score (nSPS) is 11.1. The van der Waals surface area contributed by atoms with Crippen LogP contribution in [0.15, 0.2) is 47.1 Å². The number of oxazole rings is 1. The molecule has 0 bridgehead atoms. The third kappa shape index (κ3) is 2.24. The van der Waals surface area contributed by atoms with Crippen LogP contribution in [0.4, 0.5) is 0 Å². The quantitative estimate of drug-likeness (QED) is 0.670. The van der Waals surface area contributed by atoms with Crippen molar-refractivity contribution < 1.29 is 8.98 Å². The average Bonchev–Trinajstić information content (AvgIpc) is 2.90. The van der Waals surface area contributed by atoms with Gasteiger partial charge in [0.1, 0.15) is 12.1 Å². The molecule has 19 heavy (non-hydrogen) atoms. The van der Waals surface area contributed by atoms with Crippen molar-refractivity contribution in [3.63, 3.8) is 0 Å². The van der Waals surface area contributed by atoms with Crippen LogP contribution < -0.4 is 4.57 Å². The molecule has 0 N–H and O–H groups in total. The van der Waals surface area contributed by atoms with Crippen molar-refractivity contribution in [1.29, 1.82) is 0 Å². The number of pyridine rings is 1. The molecule has 0 saturated heterocycles. The van der Waals surface area contributed by atoms with Gasteiger partial charge in [-0.05, 0) is 31.0 Å². The van der Waals surface area contributed by atoms with E-state index in [1.54, 1.807) is 0 Å². The van der Waals surface area contributed by atoms with Crippen LogP contribution in [0.2, 0.25) is 0 Å². The summed E-state index contributed by atoms with van der Waals surface area (Å²) in [7, 11) is 0. The van der Waals surface area contributed by atoms with Crippen LogP contribution >= 0.6 is 0 Å². The van der Waals surface area contributed by atoms with Crippen LogP contribution in [0.25, 0.3) is 22.6 Å². The summed E-state index contributed by atoms with van der Waals surface area (Å²) in [5, 5.41) is 0. The summed E-state index contributed by atoms with van der Waals surface area (Å²) < 4.78 is 7.92. The SMILES string of the molecule is CCc1ccc2oc(-c3cc[n+](CC)cc3)nc2c1. The zero-order valence-electron chi connectivity index (χ0n) is 11.3. The van der Waals surface area contributed by atoms with E-state index in [1.165, 1.54) is 5.56 Å². The number of nitrogens with zero attached hydrogens (tertiary/aromatic N) is 2. The lowest BCUT2D eigenvalue weighted by molar-refractivity contribution is -0.693. The first-order chi connectivity index (χ1) is 9.30. The summed E-state index contributed by atoms with van der Waals surface area (Å²) in [6.07, 6.45) is 5.10. The van der Waals surface area contributed by atoms with E-state index in [1.807, 2.05) is 30.6 Å². The number of aromatic nitrogens is 2. The van der Waals surface area contributed by atoms with Crippen LogP contribution in [-0.4, -0.2) is 4.98 Å². The van der Waals surface area contributed by atoms with E-state index < -0.39 is 0 Å². The van der Waals surface area contributed by atoms with E-state index in [2.05, 4.69) is 35.5 Å². The number of hydrogen-bond donors (Lipinski definition) is 0. The van der Waals surface area contributed by atoms with Gasteiger partial charge in [0.15, 0.2) is 18.0 Å². The van der Waals surface area contributed by atoms with Crippen LogP contribution in [0.1, 0.15) is 19.4 Å². The monoisotopic (exact) mass is 253 g/mol. The highest BCUT2D eigenvalue weighted by molar-refractivity contribution is 5.76. The molecule has 0 aliphatic carbocycles. The van der Waals surface area contributed by atoms with E-state index in [4.69, 9.17) is 4.42 Å². The minimum Gasteiger partial charge on any atom is -0.436 e. The first-order valence-electron chi connectivity index (χ1n) is 6.69. The Hall–Kier alpha value is -2.16. The van der Waals surface area contributed by atoms with Gasteiger partial charge in [0.05, 0.1) is 0 Å². The maximum Gasteiger partial charge on any atom is 0.227 e. The van der Waals surface area contributed by atoms with Gasteiger partial charge in [0.2, 0.25) is 5.89 Å². The molecule has 0 atom stereocenters. The molecule has 1 aromatic carbocycles. The molecule has 3 nitrogen and oxygen atoms in total. The molecule has 0 spiro atoms. The Morgan fingerprint density at radius 1 is 1.11 bits per heavy atom. The van der Waals surface area contributed by atoms with Crippen molar-refractivity contribution in [3.8, 4) is 11.5 Å². The predicted molar refractivity (Wildman–Crippen MR) is 74.7 cm³/mol. The fourth-order valence-electron chi connectivity index (χ4n) is 2.13. The molecule has 0 saturated carbocycles. The van der Waals surface area contributed by atoms with E-state index in [9.17, 15) is 0 Å². The van der Waals surface area contributed by atoms with Crippen LogP contribution in [0.5, 0.6) is 0 Å². The molecule has 0 aliphatic rings. The summed E-state index contributed by atoms with van der Waals surface area (Å²) in [4.78, 5) is 4.57. The van der Waals surface area contributed by atoms with Crippen LogP contribution in [0, 0.1) is 0 Å². The van der Waals surface area contributed by atoms with Crippen molar-refractivity contribution in [2.75, 3.05) is 0 Å². The van der Waals surface area contributed by atoms with Gasteiger partial charge in [-0.25, -0.2) is 9.55 Å². The zero-order valence-corrected chi connectivity index (χ0v) is 11.3. The predicted octanol–water partition coefficient (Wildman–Crippen LogP) is 3.36. The van der Waals surface area contributed by atoms with E-state index >= 15 is 0 Å². The summed E-state index contributed by atoms with van der Waals surface area (Å²) in [6, 6.07) is 10.3. The summed E-state index contributed by atoms with van der Waals surface area (Å²) in [5.74, 6) is 0.687. The number of rotatable bonds is 3. The zero-order chi connectivity index (χ0) is 13.2. The van der Waals surface area contributed by atoms with Crippen molar-refractivity contribution in [2.45, 2.75) is 26.8 Å². The lowest BCUT2D eigenvalue weighted by atomic mass is 10.1. The molecule has 3 aromatic rings. The Kier molecular flexibility index (Phi) is 3.03. The number of benzene rings is 1. The molecular weight excluding hydrogens is 236 g/mol. The number of fused-ring (bicyclic) bond motifs is 1. The van der Waals surface area contributed by atoms with Gasteiger partial charge < -0.3 is 4.42 Å². The standard InChI is InChI=1S/C16H17N2O/c1-3-12-5-6-15-14(11-12)17-16(19-15)13-7-9-18(4-2)10-8-13/h5-11H,3-4H2,1-2H3/q+1. The van der Waals surface area contributed by atoms with Crippen molar-refractivity contribution in [3.05, 3.63) is 48.3 Å². The summed E-state index contributed by atoms with van der Waals surface area (Å²) in [6.45, 7) is 5.22. The molecule has 3 rings (SSSR count). The molecule has 0 amide bonds. The van der Waals surface area contributed by atoms with Crippen molar-refractivity contribution >= 4 is 11.1 Å². The average molecular weight is 253 g/mol. The molecule has 96 valence electrons. The first kappa shape index (κ1) is 11.9. The molecule has 0 aliphatic heterocycles. The molecule has 2 aromatic heterocycles. The van der Waals surface area contributed by atoms with E-state index in [0.29, 0.717) is 5.89 Å². The molecule has 2 heterocycles. The number of hydrogen-bond acceptors (Lipinski definition) is 2. The molecule has 0 unspecified atom stereocenters. The Balaban J connectivity index is 2.04. The van der Waals surface area contributed by atoms with Crippen molar-refractivity contribution in [1.82, 2.24) is 4.98 Å². The maximum absolute atomic E-state index is 5.81. The van der Waals surface area contributed by atoms with Crippen LogP contribution in [-0.2, 0) is 13.0 Å². The summed E-state index contributed by atoms with van der Waals surface area (Å²) in [5.41, 5.74) is 4.07. The van der Waals surface area contributed by atoms with E-state index in [-0.39, 0.29) is 0 Å². The Morgan fingerprint density at radius 2 is 1.89 bits per heavy atom. The van der Waals surface area contributed by atoms with Gasteiger partial charge in [-0.15, -0.1) is 0 Å². The van der Waals surface area contributed by atoms with Gasteiger partial charge in [-0.1, -0.05) is 13.0 Å². The van der Waals surface area contributed by atoms with Gasteiger partial charge in [-0.3, -0.25) is 0 Å². The third-order valence-corrected chi connectivity index (χ3v) is 3.36. The lowest BCUT2D eigenvalue weighted by Crippen LogP contribution is -2.30. The highest BCUT2D eigenvalue weighted by atomic mass is 16.3. The number of aryl methyl sites for hydroxylation is 2. The smallest absolute Gasteiger partial charge is 0.227 e. The Bertz CT molecular complexity index is 698. The van der Waals surface area contributed by atoms with Crippen LogP contribution in [0.3, 0.4) is 0 Å². The van der Waals surface area contributed by atoms with Gasteiger partial charge in [-0.2, -0.15) is 0 Å². The highest BCUT2D eigenvalue weighted by Crippen LogP contribution is 2.24. The maximum atomic E-state index is 5.81. The second-order valence-electron chi connectivity index (χ2n) is 4.59. The van der Waals surface area contributed by atoms with Crippen molar-refractivity contribution in [2.24, 2.45) is 0 Å².